The van der Waals surface area contributed by atoms with Crippen LogP contribution in [-0.4, -0.2) is 0 Å². The number of hydrogen-bond acceptors (Lipinski definition) is 0. The van der Waals surface area contributed by atoms with Gasteiger partial charge in [0, 0.05) is 5.02 Å². The van der Waals surface area contributed by atoms with E-state index >= 15 is 0 Å². The molecular formula is C16H15Cl. The van der Waals surface area contributed by atoms with Crippen molar-refractivity contribution in [3.63, 3.8) is 0 Å². The molecule has 2 rings (SSSR count). The van der Waals surface area contributed by atoms with E-state index in [9.17, 15) is 0 Å². The predicted molar refractivity (Wildman–Crippen MR) is 75.3 cm³/mol. The first-order valence-electron chi connectivity index (χ1n) is 5.74. The zero-order chi connectivity index (χ0) is 12.1. The first-order valence-corrected chi connectivity index (χ1v) is 6.12. The Bertz CT molecular complexity index is 500. The van der Waals surface area contributed by atoms with Crippen molar-refractivity contribution in [3.05, 3.63) is 76.8 Å². The van der Waals surface area contributed by atoms with Gasteiger partial charge in [-0.3, -0.25) is 0 Å². The average molecular weight is 243 g/mol. The topological polar surface area (TPSA) is 0 Å². The molecule has 1 atom stereocenters. The maximum Gasteiger partial charge on any atom is 0.0408 e. The lowest BCUT2D eigenvalue weighted by Gasteiger charge is -2.06. The Kier molecular flexibility index (Phi) is 4.00. The molecule has 0 spiro atoms. The van der Waals surface area contributed by atoms with Gasteiger partial charge in [0.05, 0.1) is 0 Å². The summed E-state index contributed by atoms with van der Waals surface area (Å²) in [6.07, 6.45) is 4.34. The predicted octanol–water partition coefficient (Wildman–Crippen LogP) is 5.16. The average Bonchev–Trinajstić information content (AvgIpc) is 2.37. The minimum absolute atomic E-state index is 0.369. The van der Waals surface area contributed by atoms with Crippen LogP contribution in [0.3, 0.4) is 0 Å². The maximum absolute atomic E-state index is 5.98. The first kappa shape index (κ1) is 11.9. The molecule has 0 fully saturated rings. The smallest absolute Gasteiger partial charge is 0.0408 e. The molecule has 0 radical (unpaired) electrons. The molecule has 0 aliphatic rings. The van der Waals surface area contributed by atoms with Crippen molar-refractivity contribution >= 4 is 17.7 Å². The van der Waals surface area contributed by atoms with Crippen LogP contribution in [-0.2, 0) is 0 Å². The second-order valence-electron chi connectivity index (χ2n) is 4.11. The highest BCUT2D eigenvalue weighted by molar-refractivity contribution is 6.30. The monoisotopic (exact) mass is 242 g/mol. The van der Waals surface area contributed by atoms with Gasteiger partial charge >= 0.3 is 0 Å². The van der Waals surface area contributed by atoms with E-state index in [1.54, 1.807) is 0 Å². The lowest BCUT2D eigenvalue weighted by molar-refractivity contribution is 0.973. The van der Waals surface area contributed by atoms with Gasteiger partial charge in [0.25, 0.3) is 0 Å². The molecule has 2 aromatic carbocycles. The second-order valence-corrected chi connectivity index (χ2v) is 4.55. The molecule has 2 aromatic rings. The van der Waals surface area contributed by atoms with Gasteiger partial charge in [-0.1, -0.05) is 73.1 Å². The number of benzene rings is 2. The van der Waals surface area contributed by atoms with Gasteiger partial charge in [-0.2, -0.15) is 0 Å². The molecule has 0 saturated carbocycles. The van der Waals surface area contributed by atoms with Crippen molar-refractivity contribution in [2.24, 2.45) is 0 Å². The molecule has 0 nitrogen and oxygen atoms in total. The molecule has 0 bridgehead atoms. The summed E-state index contributed by atoms with van der Waals surface area (Å²) in [5.74, 6) is 0.369. The lowest BCUT2D eigenvalue weighted by atomic mass is 10.00. The van der Waals surface area contributed by atoms with Crippen LogP contribution < -0.4 is 0 Å². The molecular weight excluding hydrogens is 228 g/mol. The fraction of sp³-hybridized carbons (Fsp3) is 0.125. The summed E-state index contributed by atoms with van der Waals surface area (Å²) in [6, 6.07) is 18.3. The fourth-order valence-electron chi connectivity index (χ4n) is 1.72. The van der Waals surface area contributed by atoms with Crippen molar-refractivity contribution in [3.8, 4) is 0 Å². The number of hydrogen-bond donors (Lipinski definition) is 0. The van der Waals surface area contributed by atoms with Gasteiger partial charge in [0.15, 0.2) is 0 Å². The van der Waals surface area contributed by atoms with Crippen LogP contribution in [0.25, 0.3) is 6.08 Å². The van der Waals surface area contributed by atoms with E-state index in [0.717, 1.165) is 5.02 Å². The molecule has 0 saturated heterocycles. The minimum atomic E-state index is 0.369. The number of allylic oxidation sites excluding steroid dienone is 1. The molecule has 0 aromatic heterocycles. The summed E-state index contributed by atoms with van der Waals surface area (Å²) >= 11 is 5.98. The van der Waals surface area contributed by atoms with Crippen LogP contribution in [0.4, 0.5) is 0 Å². The summed E-state index contributed by atoms with van der Waals surface area (Å²) in [7, 11) is 0. The van der Waals surface area contributed by atoms with E-state index < -0.39 is 0 Å². The third kappa shape index (κ3) is 3.47. The van der Waals surface area contributed by atoms with Crippen LogP contribution in [0.15, 0.2) is 60.7 Å². The van der Waals surface area contributed by atoms with Gasteiger partial charge in [-0.25, -0.2) is 0 Å². The molecule has 0 amide bonds. The van der Waals surface area contributed by atoms with Gasteiger partial charge in [-0.15, -0.1) is 0 Å². The fourth-order valence-corrected chi connectivity index (χ4v) is 1.92. The Balaban J connectivity index is 2.12. The zero-order valence-corrected chi connectivity index (χ0v) is 10.6. The highest BCUT2D eigenvalue weighted by atomic mass is 35.5. The Hall–Kier alpha value is -1.53. The number of rotatable bonds is 3. The third-order valence-corrected chi connectivity index (χ3v) is 2.99. The van der Waals surface area contributed by atoms with Crippen LogP contribution in [0.2, 0.25) is 5.02 Å². The molecule has 1 heteroatoms. The highest BCUT2D eigenvalue weighted by Gasteiger charge is 2.01. The second kappa shape index (κ2) is 5.70. The van der Waals surface area contributed by atoms with E-state index in [4.69, 9.17) is 11.6 Å². The van der Waals surface area contributed by atoms with Crippen molar-refractivity contribution < 1.29 is 0 Å². The van der Waals surface area contributed by atoms with Crippen LogP contribution in [0.1, 0.15) is 24.0 Å². The van der Waals surface area contributed by atoms with Crippen LogP contribution in [0.5, 0.6) is 0 Å². The summed E-state index contributed by atoms with van der Waals surface area (Å²) in [6.45, 7) is 2.17. The Morgan fingerprint density at radius 1 is 1.00 bits per heavy atom. The van der Waals surface area contributed by atoms with Gasteiger partial charge in [-0.05, 0) is 29.2 Å². The van der Waals surface area contributed by atoms with E-state index in [0.29, 0.717) is 5.92 Å². The molecule has 1 unspecified atom stereocenters. The summed E-state index contributed by atoms with van der Waals surface area (Å²) in [5, 5.41) is 0.794. The molecule has 0 N–H and O–H groups in total. The van der Waals surface area contributed by atoms with E-state index in [1.807, 2.05) is 36.4 Å². The number of halogens is 1. The minimum Gasteiger partial charge on any atom is -0.0843 e. The van der Waals surface area contributed by atoms with E-state index in [1.165, 1.54) is 11.1 Å². The Morgan fingerprint density at radius 2 is 1.76 bits per heavy atom. The van der Waals surface area contributed by atoms with Crippen molar-refractivity contribution in [1.82, 2.24) is 0 Å². The quantitative estimate of drug-likeness (QED) is 0.698. The SMILES string of the molecule is CC(C=Cc1ccccc1)c1cccc(Cl)c1. The van der Waals surface area contributed by atoms with Crippen molar-refractivity contribution in [2.45, 2.75) is 12.8 Å². The highest BCUT2D eigenvalue weighted by Crippen LogP contribution is 2.21. The van der Waals surface area contributed by atoms with Crippen LogP contribution >= 0.6 is 11.6 Å². The van der Waals surface area contributed by atoms with Crippen molar-refractivity contribution in [2.75, 3.05) is 0 Å². The van der Waals surface area contributed by atoms with E-state index in [-0.39, 0.29) is 0 Å². The Morgan fingerprint density at radius 3 is 2.47 bits per heavy atom. The largest absolute Gasteiger partial charge is 0.0843 e. The standard InChI is InChI=1S/C16H15Cl/c1-13(15-8-5-9-16(17)12-15)10-11-14-6-3-2-4-7-14/h2-13H,1H3. The molecule has 17 heavy (non-hydrogen) atoms. The summed E-state index contributed by atoms with van der Waals surface area (Å²) in [5.41, 5.74) is 2.46. The molecule has 0 aliphatic heterocycles. The maximum atomic E-state index is 5.98. The Labute approximate surface area is 108 Å². The molecule has 86 valence electrons. The van der Waals surface area contributed by atoms with Gasteiger partial charge < -0.3 is 0 Å². The third-order valence-electron chi connectivity index (χ3n) is 2.75. The van der Waals surface area contributed by atoms with Gasteiger partial charge in [0.1, 0.15) is 0 Å². The summed E-state index contributed by atoms with van der Waals surface area (Å²) in [4.78, 5) is 0. The lowest BCUT2D eigenvalue weighted by Crippen LogP contribution is -1.88. The van der Waals surface area contributed by atoms with Gasteiger partial charge in [0.2, 0.25) is 0 Å². The van der Waals surface area contributed by atoms with Crippen molar-refractivity contribution in [1.29, 1.82) is 0 Å². The zero-order valence-electron chi connectivity index (χ0n) is 9.81. The molecule has 0 aliphatic carbocycles. The van der Waals surface area contributed by atoms with Crippen LogP contribution in [0, 0.1) is 0 Å². The normalized spacial score (nSPS) is 12.8. The van der Waals surface area contributed by atoms with E-state index in [2.05, 4.69) is 37.3 Å². The summed E-state index contributed by atoms with van der Waals surface area (Å²) < 4.78 is 0. The molecule has 0 heterocycles. The first-order chi connectivity index (χ1) is 8.25.